The molecule has 0 saturated heterocycles. The van der Waals surface area contributed by atoms with E-state index in [0.717, 1.165) is 5.56 Å². The predicted molar refractivity (Wildman–Crippen MR) is 94.4 cm³/mol. The van der Waals surface area contributed by atoms with Crippen molar-refractivity contribution in [3.05, 3.63) is 58.7 Å². The van der Waals surface area contributed by atoms with E-state index in [1.165, 1.54) is 18.3 Å². The van der Waals surface area contributed by atoms with Crippen molar-refractivity contribution in [2.45, 2.75) is 23.7 Å². The van der Waals surface area contributed by atoms with Gasteiger partial charge in [0.15, 0.2) is 6.61 Å². The summed E-state index contributed by atoms with van der Waals surface area (Å²) in [4.78, 5) is 27.7. The molecule has 138 valence electrons. The number of aromatic nitrogens is 1. The van der Waals surface area contributed by atoms with E-state index in [9.17, 15) is 18.4 Å². The van der Waals surface area contributed by atoms with Crippen LogP contribution in [0.4, 0.5) is 8.78 Å². The molecule has 0 aliphatic carbocycles. The number of nitrogens with one attached hydrogen (secondary N) is 1. The lowest BCUT2D eigenvalue weighted by Crippen LogP contribution is -2.31. The number of rotatable bonds is 7. The average molecular weight is 401 g/mol. The van der Waals surface area contributed by atoms with E-state index in [1.807, 2.05) is 0 Å². The Hall–Kier alpha value is -2.19. The summed E-state index contributed by atoms with van der Waals surface area (Å²) < 4.78 is 29.9. The summed E-state index contributed by atoms with van der Waals surface area (Å²) in [6.07, 6.45) is 1.29. The van der Waals surface area contributed by atoms with Crippen LogP contribution >= 0.6 is 23.4 Å². The van der Waals surface area contributed by atoms with Crippen LogP contribution in [0.2, 0.25) is 5.02 Å². The van der Waals surface area contributed by atoms with Crippen LogP contribution < -0.4 is 5.32 Å². The summed E-state index contributed by atoms with van der Waals surface area (Å²) in [5.41, 5.74) is 0.675. The fraction of sp³-hybridized carbons (Fsp3) is 0.235. The number of hydrogen-bond acceptors (Lipinski definition) is 5. The molecule has 1 amide bonds. The molecule has 1 unspecified atom stereocenters. The third kappa shape index (κ3) is 5.96. The maximum atomic E-state index is 12.5. The zero-order valence-electron chi connectivity index (χ0n) is 13.6. The molecule has 9 heteroatoms. The summed E-state index contributed by atoms with van der Waals surface area (Å²) in [5, 5.41) is 3.05. The van der Waals surface area contributed by atoms with Gasteiger partial charge in [0.1, 0.15) is 5.03 Å². The van der Waals surface area contributed by atoms with Gasteiger partial charge in [0, 0.05) is 11.2 Å². The van der Waals surface area contributed by atoms with Gasteiger partial charge in [-0.1, -0.05) is 23.7 Å². The zero-order valence-corrected chi connectivity index (χ0v) is 15.2. The van der Waals surface area contributed by atoms with Gasteiger partial charge in [-0.3, -0.25) is 4.79 Å². The third-order valence-corrected chi connectivity index (χ3v) is 4.21. The van der Waals surface area contributed by atoms with Crippen LogP contribution in [0.25, 0.3) is 0 Å². The Morgan fingerprint density at radius 3 is 2.77 bits per heavy atom. The van der Waals surface area contributed by atoms with Crippen LogP contribution in [-0.4, -0.2) is 29.2 Å². The van der Waals surface area contributed by atoms with E-state index in [-0.39, 0.29) is 28.4 Å². The highest BCUT2D eigenvalue weighted by molar-refractivity contribution is 7.99. The molecule has 1 atom stereocenters. The fourth-order valence-corrected chi connectivity index (χ4v) is 2.84. The van der Waals surface area contributed by atoms with Crippen LogP contribution in [-0.2, 0) is 9.53 Å². The molecule has 0 saturated carbocycles. The number of thioether (sulfide) groups is 1. The van der Waals surface area contributed by atoms with E-state index in [1.54, 1.807) is 31.2 Å². The smallest absolute Gasteiger partial charge is 0.341 e. The minimum absolute atomic E-state index is 0.117. The molecule has 0 aliphatic heterocycles. The summed E-state index contributed by atoms with van der Waals surface area (Å²) in [6, 6.07) is 9.37. The molecule has 0 spiro atoms. The van der Waals surface area contributed by atoms with Crippen molar-refractivity contribution >= 4 is 35.2 Å². The van der Waals surface area contributed by atoms with Gasteiger partial charge < -0.3 is 10.1 Å². The van der Waals surface area contributed by atoms with Gasteiger partial charge in [-0.25, -0.2) is 9.78 Å². The van der Waals surface area contributed by atoms with Gasteiger partial charge in [-0.15, -0.1) is 0 Å². The molecule has 0 aliphatic rings. The van der Waals surface area contributed by atoms with Gasteiger partial charge in [-0.2, -0.15) is 8.78 Å². The number of ether oxygens (including phenoxy) is 1. The Balaban J connectivity index is 1.92. The number of nitrogens with zero attached hydrogens (tertiary/aromatic N) is 1. The predicted octanol–water partition coefficient (Wildman–Crippen LogP) is 4.08. The number of benzene rings is 1. The second-order valence-electron chi connectivity index (χ2n) is 5.15. The van der Waals surface area contributed by atoms with Gasteiger partial charge in [0.2, 0.25) is 0 Å². The number of carbonyl (C=O) groups excluding carboxylic acids is 2. The van der Waals surface area contributed by atoms with Crippen LogP contribution in [0.1, 0.15) is 28.9 Å². The Kier molecular flexibility index (Phi) is 7.35. The standard InChI is InChI=1S/C17H15ClF2N2O3S/c1-10(11-4-2-5-12(18)8-11)22-14(23)9-25-16(24)13-6-3-7-21-15(13)26-17(19)20/h2-8,10,17H,9H2,1H3,(H,22,23). The molecule has 26 heavy (non-hydrogen) atoms. The number of esters is 1. The van der Waals surface area contributed by atoms with Gasteiger partial charge >= 0.3 is 5.97 Å². The Morgan fingerprint density at radius 1 is 1.31 bits per heavy atom. The Morgan fingerprint density at radius 2 is 2.08 bits per heavy atom. The zero-order chi connectivity index (χ0) is 19.1. The lowest BCUT2D eigenvalue weighted by molar-refractivity contribution is -0.124. The third-order valence-electron chi connectivity index (χ3n) is 3.25. The number of carbonyl (C=O) groups is 2. The normalized spacial score (nSPS) is 11.9. The minimum Gasteiger partial charge on any atom is -0.452 e. The summed E-state index contributed by atoms with van der Waals surface area (Å²) in [6.45, 7) is 1.21. The van der Waals surface area contributed by atoms with E-state index in [4.69, 9.17) is 16.3 Å². The molecule has 1 aromatic heterocycles. The molecule has 2 aromatic rings. The van der Waals surface area contributed by atoms with Crippen molar-refractivity contribution in [2.24, 2.45) is 0 Å². The lowest BCUT2D eigenvalue weighted by Gasteiger charge is -2.15. The topological polar surface area (TPSA) is 68.3 Å². The van der Waals surface area contributed by atoms with Crippen LogP contribution in [0.15, 0.2) is 47.6 Å². The minimum atomic E-state index is -2.72. The SMILES string of the molecule is CC(NC(=O)COC(=O)c1cccnc1SC(F)F)c1cccc(Cl)c1. The molecule has 1 heterocycles. The highest BCUT2D eigenvalue weighted by Crippen LogP contribution is 2.26. The second-order valence-corrected chi connectivity index (χ2v) is 6.57. The maximum Gasteiger partial charge on any atom is 0.341 e. The highest BCUT2D eigenvalue weighted by Gasteiger charge is 2.19. The van der Waals surface area contributed by atoms with Crippen molar-refractivity contribution in [3.63, 3.8) is 0 Å². The van der Waals surface area contributed by atoms with Crippen molar-refractivity contribution in [1.29, 1.82) is 0 Å². The Bertz CT molecular complexity index is 792. The second kappa shape index (κ2) is 9.49. The first-order chi connectivity index (χ1) is 12.4. The van der Waals surface area contributed by atoms with Crippen molar-refractivity contribution in [3.8, 4) is 0 Å². The van der Waals surface area contributed by atoms with Crippen molar-refractivity contribution < 1.29 is 23.1 Å². The molecule has 1 aromatic carbocycles. The molecule has 0 bridgehead atoms. The molecule has 0 fully saturated rings. The summed E-state index contributed by atoms with van der Waals surface area (Å²) in [7, 11) is 0. The quantitative estimate of drug-likeness (QED) is 0.560. The maximum absolute atomic E-state index is 12.5. The Labute approximate surface area is 158 Å². The largest absolute Gasteiger partial charge is 0.452 e. The number of pyridine rings is 1. The van der Waals surface area contributed by atoms with Gasteiger partial charge in [0.05, 0.1) is 11.6 Å². The van der Waals surface area contributed by atoms with Crippen LogP contribution in [0.3, 0.4) is 0 Å². The van der Waals surface area contributed by atoms with Gasteiger partial charge in [-0.05, 0) is 48.5 Å². The van der Waals surface area contributed by atoms with Crippen LogP contribution in [0, 0.1) is 0 Å². The first kappa shape index (κ1) is 20.1. The van der Waals surface area contributed by atoms with E-state index in [0.29, 0.717) is 5.02 Å². The van der Waals surface area contributed by atoms with E-state index < -0.39 is 24.2 Å². The van der Waals surface area contributed by atoms with Gasteiger partial charge in [0.25, 0.3) is 11.7 Å². The molecule has 1 N–H and O–H groups in total. The monoisotopic (exact) mass is 400 g/mol. The molecular formula is C17H15ClF2N2O3S. The van der Waals surface area contributed by atoms with Crippen LogP contribution in [0.5, 0.6) is 0 Å². The molecular weight excluding hydrogens is 386 g/mol. The first-order valence-electron chi connectivity index (χ1n) is 7.48. The summed E-state index contributed by atoms with van der Waals surface area (Å²) in [5.74, 6) is -4.15. The fourth-order valence-electron chi connectivity index (χ4n) is 2.08. The molecule has 2 rings (SSSR count). The highest BCUT2D eigenvalue weighted by atomic mass is 35.5. The average Bonchev–Trinajstić information content (AvgIpc) is 2.59. The number of hydrogen-bond donors (Lipinski definition) is 1. The number of alkyl halides is 2. The van der Waals surface area contributed by atoms with E-state index in [2.05, 4.69) is 10.3 Å². The number of halogens is 3. The molecule has 5 nitrogen and oxygen atoms in total. The summed E-state index contributed by atoms with van der Waals surface area (Å²) >= 11 is 6.04. The van der Waals surface area contributed by atoms with E-state index >= 15 is 0 Å². The van der Waals surface area contributed by atoms with Crippen molar-refractivity contribution in [2.75, 3.05) is 6.61 Å². The first-order valence-corrected chi connectivity index (χ1v) is 8.74. The number of amides is 1. The lowest BCUT2D eigenvalue weighted by atomic mass is 10.1. The molecule has 0 radical (unpaired) electrons. The van der Waals surface area contributed by atoms with Crippen molar-refractivity contribution in [1.82, 2.24) is 10.3 Å².